The SMILES string of the molecule is C[C@@H]1CCC[NH+]([C@@H](C)C(=O)NC(c2ccccc2)c2ccccc2)C1. The zero-order valence-corrected chi connectivity index (χ0v) is 15.2. The summed E-state index contributed by atoms with van der Waals surface area (Å²) < 4.78 is 0. The number of nitrogens with one attached hydrogen (secondary N) is 2. The zero-order valence-electron chi connectivity index (χ0n) is 15.2. The third-order valence-corrected chi connectivity index (χ3v) is 5.36. The maximum atomic E-state index is 13.0. The van der Waals surface area contributed by atoms with Gasteiger partial charge in [0.25, 0.3) is 5.91 Å². The molecule has 2 aromatic carbocycles. The molecule has 2 aromatic rings. The lowest BCUT2D eigenvalue weighted by Gasteiger charge is -2.32. The molecular formula is C22H29N2O+. The van der Waals surface area contributed by atoms with E-state index in [1.165, 1.54) is 17.7 Å². The van der Waals surface area contributed by atoms with Crippen LogP contribution in [0.15, 0.2) is 60.7 Å². The molecule has 1 fully saturated rings. The first kappa shape index (κ1) is 17.7. The lowest BCUT2D eigenvalue weighted by atomic mass is 9.97. The maximum Gasteiger partial charge on any atom is 0.278 e. The van der Waals surface area contributed by atoms with E-state index in [4.69, 9.17) is 0 Å². The fraction of sp³-hybridized carbons (Fsp3) is 0.409. The molecular weight excluding hydrogens is 308 g/mol. The van der Waals surface area contributed by atoms with E-state index in [0.717, 1.165) is 24.2 Å². The first-order valence-corrected chi connectivity index (χ1v) is 9.40. The number of benzene rings is 2. The summed E-state index contributed by atoms with van der Waals surface area (Å²) in [5.41, 5.74) is 2.24. The average Bonchev–Trinajstić information content (AvgIpc) is 2.66. The first-order valence-electron chi connectivity index (χ1n) is 9.40. The lowest BCUT2D eigenvalue weighted by Crippen LogP contribution is -3.18. The summed E-state index contributed by atoms with van der Waals surface area (Å²) in [6.45, 7) is 6.55. The summed E-state index contributed by atoms with van der Waals surface area (Å²) >= 11 is 0. The number of carbonyl (C=O) groups is 1. The van der Waals surface area contributed by atoms with Crippen LogP contribution >= 0.6 is 0 Å². The molecule has 25 heavy (non-hydrogen) atoms. The van der Waals surface area contributed by atoms with Crippen molar-refractivity contribution in [1.29, 1.82) is 0 Å². The molecule has 1 aliphatic rings. The van der Waals surface area contributed by atoms with Crippen LogP contribution in [0.3, 0.4) is 0 Å². The minimum absolute atomic E-state index is 0.0160. The normalized spacial score (nSPS) is 21.7. The van der Waals surface area contributed by atoms with Crippen LogP contribution in [0.25, 0.3) is 0 Å². The van der Waals surface area contributed by atoms with E-state index in [-0.39, 0.29) is 18.0 Å². The number of likely N-dealkylation sites (tertiary alicyclic amines) is 1. The molecule has 3 heteroatoms. The molecule has 1 saturated heterocycles. The Hall–Kier alpha value is -2.13. The third kappa shape index (κ3) is 4.49. The Morgan fingerprint density at radius 2 is 1.60 bits per heavy atom. The van der Waals surface area contributed by atoms with E-state index in [1.807, 2.05) is 36.4 Å². The van der Waals surface area contributed by atoms with Crippen LogP contribution in [0, 0.1) is 5.92 Å². The number of rotatable bonds is 5. The molecule has 0 radical (unpaired) electrons. The Labute approximate surface area is 151 Å². The minimum atomic E-state index is -0.0982. The number of quaternary nitrogens is 1. The van der Waals surface area contributed by atoms with Crippen molar-refractivity contribution in [2.24, 2.45) is 5.92 Å². The van der Waals surface area contributed by atoms with Gasteiger partial charge in [-0.1, -0.05) is 67.6 Å². The molecule has 0 bridgehead atoms. The van der Waals surface area contributed by atoms with Gasteiger partial charge < -0.3 is 10.2 Å². The van der Waals surface area contributed by atoms with E-state index in [9.17, 15) is 4.79 Å². The van der Waals surface area contributed by atoms with Crippen molar-refractivity contribution in [3.8, 4) is 0 Å². The van der Waals surface area contributed by atoms with Crippen molar-refractivity contribution >= 4 is 5.91 Å². The van der Waals surface area contributed by atoms with Gasteiger partial charge in [0, 0.05) is 5.92 Å². The van der Waals surface area contributed by atoms with Gasteiger partial charge in [-0.25, -0.2) is 0 Å². The Morgan fingerprint density at radius 3 is 2.12 bits per heavy atom. The van der Waals surface area contributed by atoms with Crippen LogP contribution in [0.2, 0.25) is 0 Å². The number of piperidine rings is 1. The van der Waals surface area contributed by atoms with Gasteiger partial charge in [-0.2, -0.15) is 0 Å². The maximum absolute atomic E-state index is 13.0. The van der Waals surface area contributed by atoms with Gasteiger partial charge in [0.15, 0.2) is 6.04 Å². The smallest absolute Gasteiger partial charge is 0.278 e. The molecule has 132 valence electrons. The van der Waals surface area contributed by atoms with E-state index < -0.39 is 0 Å². The van der Waals surface area contributed by atoms with Gasteiger partial charge in [-0.05, 0) is 30.9 Å². The highest BCUT2D eigenvalue weighted by atomic mass is 16.2. The quantitative estimate of drug-likeness (QED) is 0.864. The molecule has 0 saturated carbocycles. The fourth-order valence-electron chi connectivity index (χ4n) is 3.83. The highest BCUT2D eigenvalue weighted by Crippen LogP contribution is 2.21. The number of hydrogen-bond donors (Lipinski definition) is 2. The van der Waals surface area contributed by atoms with Gasteiger partial charge in [0.1, 0.15) is 0 Å². The van der Waals surface area contributed by atoms with Crippen molar-refractivity contribution in [1.82, 2.24) is 5.32 Å². The van der Waals surface area contributed by atoms with Gasteiger partial charge >= 0.3 is 0 Å². The molecule has 3 nitrogen and oxygen atoms in total. The summed E-state index contributed by atoms with van der Waals surface area (Å²) in [7, 11) is 0. The second-order valence-electron chi connectivity index (χ2n) is 7.34. The van der Waals surface area contributed by atoms with E-state index >= 15 is 0 Å². The first-order chi connectivity index (χ1) is 12.1. The Balaban J connectivity index is 1.77. The van der Waals surface area contributed by atoms with Crippen LogP contribution < -0.4 is 10.2 Å². The number of amides is 1. The van der Waals surface area contributed by atoms with Gasteiger partial charge in [0.05, 0.1) is 19.1 Å². The summed E-state index contributed by atoms with van der Waals surface area (Å²) in [5, 5.41) is 3.30. The van der Waals surface area contributed by atoms with E-state index in [1.54, 1.807) is 0 Å². The van der Waals surface area contributed by atoms with Crippen LogP contribution in [0.1, 0.15) is 43.9 Å². The van der Waals surface area contributed by atoms with Gasteiger partial charge in [-0.15, -0.1) is 0 Å². The molecule has 3 rings (SSSR count). The summed E-state index contributed by atoms with van der Waals surface area (Å²) in [4.78, 5) is 14.4. The fourth-order valence-corrected chi connectivity index (χ4v) is 3.83. The Kier molecular flexibility index (Phi) is 5.87. The molecule has 1 amide bonds. The second-order valence-corrected chi connectivity index (χ2v) is 7.34. The third-order valence-electron chi connectivity index (χ3n) is 5.36. The monoisotopic (exact) mass is 337 g/mol. The molecule has 0 aliphatic carbocycles. The highest BCUT2D eigenvalue weighted by Gasteiger charge is 2.30. The summed E-state index contributed by atoms with van der Waals surface area (Å²) in [5.74, 6) is 0.847. The van der Waals surface area contributed by atoms with Crippen LogP contribution in [-0.4, -0.2) is 25.0 Å². The van der Waals surface area contributed by atoms with Gasteiger partial charge in [-0.3, -0.25) is 4.79 Å². The largest absolute Gasteiger partial charge is 0.340 e. The number of carbonyl (C=O) groups excluding carboxylic acids is 1. The number of hydrogen-bond acceptors (Lipinski definition) is 1. The standard InChI is InChI=1S/C22H28N2O/c1-17-10-9-15-24(16-17)18(2)22(25)23-21(19-11-5-3-6-12-19)20-13-7-4-8-14-20/h3-8,11-14,17-18,21H,9-10,15-16H2,1-2H3,(H,23,25)/p+1/t17-,18+/m1/s1. The van der Waals surface area contributed by atoms with Crippen LogP contribution in [0.5, 0.6) is 0 Å². The average molecular weight is 337 g/mol. The molecule has 0 aromatic heterocycles. The summed E-state index contributed by atoms with van der Waals surface area (Å²) in [6.07, 6.45) is 2.50. The van der Waals surface area contributed by atoms with Gasteiger partial charge in [0.2, 0.25) is 0 Å². The van der Waals surface area contributed by atoms with Crippen molar-refractivity contribution in [3.63, 3.8) is 0 Å². The lowest BCUT2D eigenvalue weighted by molar-refractivity contribution is -0.922. The Morgan fingerprint density at radius 1 is 1.04 bits per heavy atom. The highest BCUT2D eigenvalue weighted by molar-refractivity contribution is 5.80. The van der Waals surface area contributed by atoms with Crippen molar-refractivity contribution < 1.29 is 9.69 Å². The second kappa shape index (κ2) is 8.30. The van der Waals surface area contributed by atoms with Crippen LogP contribution in [-0.2, 0) is 4.79 Å². The van der Waals surface area contributed by atoms with Crippen molar-refractivity contribution in [2.45, 2.75) is 38.8 Å². The molecule has 3 atom stereocenters. The topological polar surface area (TPSA) is 33.5 Å². The zero-order chi connectivity index (χ0) is 17.6. The molecule has 0 spiro atoms. The molecule has 1 unspecified atom stereocenters. The van der Waals surface area contributed by atoms with Crippen molar-refractivity contribution in [3.05, 3.63) is 71.8 Å². The predicted octanol–water partition coefficient (Wildman–Crippen LogP) is 2.60. The predicted molar refractivity (Wildman–Crippen MR) is 101 cm³/mol. The van der Waals surface area contributed by atoms with Crippen LogP contribution in [0.4, 0.5) is 0 Å². The molecule has 1 aliphatic heterocycles. The Bertz CT molecular complexity index is 631. The van der Waals surface area contributed by atoms with Crippen molar-refractivity contribution in [2.75, 3.05) is 13.1 Å². The van der Waals surface area contributed by atoms with E-state index in [2.05, 4.69) is 43.4 Å². The summed E-state index contributed by atoms with van der Waals surface area (Å²) in [6, 6.07) is 20.3. The molecule has 1 heterocycles. The molecule has 2 N–H and O–H groups in total. The minimum Gasteiger partial charge on any atom is -0.340 e. The van der Waals surface area contributed by atoms with E-state index in [0.29, 0.717) is 5.92 Å².